The third-order valence-electron chi connectivity index (χ3n) is 1.84. The summed E-state index contributed by atoms with van der Waals surface area (Å²) in [6, 6.07) is 6.49. The summed E-state index contributed by atoms with van der Waals surface area (Å²) in [7, 11) is -3.14. The quantitative estimate of drug-likeness (QED) is 0.782. The molecule has 0 radical (unpaired) electrons. The number of halogens is 1. The molecule has 0 saturated carbocycles. The molecular weight excluding hydrogens is 280 g/mol. The second-order valence-corrected chi connectivity index (χ2v) is 5.81. The number of sulfone groups is 1. The van der Waals surface area contributed by atoms with Crippen LogP contribution in [0.1, 0.15) is 6.92 Å². The average Bonchev–Trinajstić information content (AvgIpc) is 2.19. The van der Waals surface area contributed by atoms with Crippen molar-refractivity contribution in [3.63, 3.8) is 0 Å². The minimum absolute atomic E-state index is 0.112. The third kappa shape index (κ3) is 3.50. The van der Waals surface area contributed by atoms with Gasteiger partial charge in [-0.25, -0.2) is 8.42 Å². The number of ether oxygens (including phenoxy) is 1. The zero-order valence-electron chi connectivity index (χ0n) is 8.44. The predicted molar refractivity (Wildman–Crippen MR) is 63.5 cm³/mol. The van der Waals surface area contributed by atoms with E-state index in [0.717, 1.165) is 0 Å². The lowest BCUT2D eigenvalue weighted by Gasteiger charge is -2.05. The second-order valence-electron chi connectivity index (χ2n) is 2.91. The molecule has 15 heavy (non-hydrogen) atoms. The standard InChI is InChI=1S/C10H13BrO3S/c1-2-14-9-3-5-10(6-4-9)15(12,13)8-7-11/h3-6H,2,7-8H2,1H3. The van der Waals surface area contributed by atoms with Crippen LogP contribution >= 0.6 is 15.9 Å². The van der Waals surface area contributed by atoms with Crippen molar-refractivity contribution in [1.82, 2.24) is 0 Å². The molecule has 0 aliphatic carbocycles. The zero-order chi connectivity index (χ0) is 11.3. The molecule has 0 amide bonds. The van der Waals surface area contributed by atoms with Gasteiger partial charge >= 0.3 is 0 Å². The van der Waals surface area contributed by atoms with E-state index < -0.39 is 9.84 Å². The summed E-state index contributed by atoms with van der Waals surface area (Å²) in [4.78, 5) is 0.338. The largest absolute Gasteiger partial charge is 0.494 e. The highest BCUT2D eigenvalue weighted by Gasteiger charge is 2.12. The van der Waals surface area contributed by atoms with Crippen LogP contribution in [-0.4, -0.2) is 26.1 Å². The van der Waals surface area contributed by atoms with E-state index in [9.17, 15) is 8.42 Å². The summed E-state index contributed by atoms with van der Waals surface area (Å²) in [5.41, 5.74) is 0. The fourth-order valence-corrected chi connectivity index (χ4v) is 3.40. The third-order valence-corrected chi connectivity index (χ3v) is 4.49. The Bertz CT molecular complexity index is 397. The van der Waals surface area contributed by atoms with Crippen LogP contribution in [-0.2, 0) is 9.84 Å². The van der Waals surface area contributed by atoms with Crippen LogP contribution in [0, 0.1) is 0 Å². The van der Waals surface area contributed by atoms with E-state index >= 15 is 0 Å². The summed E-state index contributed by atoms with van der Waals surface area (Å²) in [5.74, 6) is 0.802. The molecule has 0 aliphatic heterocycles. The number of alkyl halides is 1. The average molecular weight is 293 g/mol. The Morgan fingerprint density at radius 2 is 1.87 bits per heavy atom. The SMILES string of the molecule is CCOc1ccc(S(=O)(=O)CCBr)cc1. The minimum atomic E-state index is -3.14. The normalized spacial score (nSPS) is 11.3. The topological polar surface area (TPSA) is 43.4 Å². The van der Waals surface area contributed by atoms with Crippen molar-refractivity contribution >= 4 is 25.8 Å². The van der Waals surface area contributed by atoms with Crippen molar-refractivity contribution in [2.24, 2.45) is 0 Å². The lowest BCUT2D eigenvalue weighted by Crippen LogP contribution is -2.07. The molecule has 0 aliphatic rings. The molecule has 3 nitrogen and oxygen atoms in total. The van der Waals surface area contributed by atoms with Crippen molar-refractivity contribution in [3.05, 3.63) is 24.3 Å². The molecule has 1 rings (SSSR count). The maximum absolute atomic E-state index is 11.6. The van der Waals surface area contributed by atoms with Crippen LogP contribution in [0.15, 0.2) is 29.2 Å². The second kappa shape index (κ2) is 5.51. The first-order valence-corrected chi connectivity index (χ1v) is 7.39. The smallest absolute Gasteiger partial charge is 0.179 e. The minimum Gasteiger partial charge on any atom is -0.494 e. The van der Waals surface area contributed by atoms with Gasteiger partial charge in [-0.2, -0.15) is 0 Å². The van der Waals surface area contributed by atoms with Crippen LogP contribution in [0.5, 0.6) is 5.75 Å². The Morgan fingerprint density at radius 3 is 2.33 bits per heavy atom. The van der Waals surface area contributed by atoms with Crippen LogP contribution in [0.25, 0.3) is 0 Å². The number of benzene rings is 1. The summed E-state index contributed by atoms with van der Waals surface area (Å²) in [5, 5.41) is 0.447. The van der Waals surface area contributed by atoms with E-state index in [-0.39, 0.29) is 5.75 Å². The highest BCUT2D eigenvalue weighted by atomic mass is 79.9. The van der Waals surface area contributed by atoms with E-state index in [1.807, 2.05) is 6.92 Å². The Hall–Kier alpha value is -0.550. The van der Waals surface area contributed by atoms with Crippen molar-refractivity contribution in [1.29, 1.82) is 0 Å². The highest BCUT2D eigenvalue weighted by Crippen LogP contribution is 2.17. The first-order valence-electron chi connectivity index (χ1n) is 4.61. The number of hydrogen-bond donors (Lipinski definition) is 0. The number of rotatable bonds is 5. The Labute approximate surface area is 98.5 Å². The molecule has 0 spiro atoms. The molecule has 0 unspecified atom stereocenters. The molecule has 0 heterocycles. The lowest BCUT2D eigenvalue weighted by atomic mass is 10.3. The summed E-state index contributed by atoms with van der Waals surface area (Å²) in [6.07, 6.45) is 0. The highest BCUT2D eigenvalue weighted by molar-refractivity contribution is 9.09. The molecule has 0 saturated heterocycles. The molecule has 5 heteroatoms. The molecular formula is C10H13BrO3S. The van der Waals surface area contributed by atoms with Crippen LogP contribution in [0.4, 0.5) is 0 Å². The monoisotopic (exact) mass is 292 g/mol. The Kier molecular flexibility index (Phi) is 4.60. The van der Waals surface area contributed by atoms with Crippen LogP contribution in [0.3, 0.4) is 0 Å². The van der Waals surface area contributed by atoms with Gasteiger partial charge in [-0.1, -0.05) is 15.9 Å². The molecule has 0 bridgehead atoms. The first kappa shape index (κ1) is 12.5. The van der Waals surface area contributed by atoms with E-state index in [4.69, 9.17) is 4.74 Å². The Balaban J connectivity index is 2.89. The summed E-state index contributed by atoms with van der Waals surface area (Å²) < 4.78 is 28.5. The van der Waals surface area contributed by atoms with Gasteiger partial charge in [0.25, 0.3) is 0 Å². The fourth-order valence-electron chi connectivity index (χ4n) is 1.13. The van der Waals surface area contributed by atoms with Gasteiger partial charge in [0.15, 0.2) is 9.84 Å². The van der Waals surface area contributed by atoms with Crippen LogP contribution in [0.2, 0.25) is 0 Å². The van der Waals surface area contributed by atoms with Gasteiger partial charge in [-0.15, -0.1) is 0 Å². The van der Waals surface area contributed by atoms with Crippen molar-refractivity contribution < 1.29 is 13.2 Å². The van der Waals surface area contributed by atoms with Gasteiger partial charge in [0.2, 0.25) is 0 Å². The summed E-state index contributed by atoms with van der Waals surface area (Å²) in [6.45, 7) is 2.46. The van der Waals surface area contributed by atoms with Crippen molar-refractivity contribution in [2.75, 3.05) is 17.7 Å². The predicted octanol–water partition coefficient (Wildman–Crippen LogP) is 2.25. The van der Waals surface area contributed by atoms with E-state index in [0.29, 0.717) is 22.6 Å². The van der Waals surface area contributed by atoms with Gasteiger partial charge in [0.1, 0.15) is 5.75 Å². The lowest BCUT2D eigenvalue weighted by molar-refractivity contribution is 0.340. The van der Waals surface area contributed by atoms with Crippen LogP contribution < -0.4 is 4.74 Å². The zero-order valence-corrected chi connectivity index (χ0v) is 10.8. The van der Waals surface area contributed by atoms with E-state index in [1.54, 1.807) is 24.3 Å². The molecule has 0 atom stereocenters. The van der Waals surface area contributed by atoms with Gasteiger partial charge < -0.3 is 4.74 Å². The molecule has 1 aromatic carbocycles. The Morgan fingerprint density at radius 1 is 1.27 bits per heavy atom. The summed E-state index contributed by atoms with van der Waals surface area (Å²) >= 11 is 3.12. The molecule has 1 aromatic rings. The molecule has 0 fully saturated rings. The van der Waals surface area contributed by atoms with Gasteiger partial charge in [-0.05, 0) is 31.2 Å². The van der Waals surface area contributed by atoms with Gasteiger partial charge in [-0.3, -0.25) is 0 Å². The fraction of sp³-hybridized carbons (Fsp3) is 0.400. The van der Waals surface area contributed by atoms with Gasteiger partial charge in [0, 0.05) is 5.33 Å². The van der Waals surface area contributed by atoms with E-state index in [1.165, 1.54) is 0 Å². The van der Waals surface area contributed by atoms with Crippen molar-refractivity contribution in [3.8, 4) is 5.75 Å². The maximum atomic E-state index is 11.6. The molecule has 84 valence electrons. The molecule has 0 aromatic heterocycles. The van der Waals surface area contributed by atoms with E-state index in [2.05, 4.69) is 15.9 Å². The number of hydrogen-bond acceptors (Lipinski definition) is 3. The van der Waals surface area contributed by atoms with Gasteiger partial charge in [0.05, 0.1) is 17.3 Å². The van der Waals surface area contributed by atoms with Crippen molar-refractivity contribution in [2.45, 2.75) is 11.8 Å². The maximum Gasteiger partial charge on any atom is 0.179 e. The first-order chi connectivity index (χ1) is 7.10. The molecule has 0 N–H and O–H groups in total.